The Bertz CT molecular complexity index is 276. The molecule has 0 aliphatic heterocycles. The van der Waals surface area contributed by atoms with E-state index in [1.165, 1.54) is 27.8 Å². The quantitative estimate of drug-likeness (QED) is 0.437. The summed E-state index contributed by atoms with van der Waals surface area (Å²) in [6, 6.07) is 0. The normalized spacial score (nSPS) is 13.5. The number of carbonyl (C=O) groups excluding carboxylic acids is 2. The Morgan fingerprint density at radius 1 is 1.19 bits per heavy atom. The van der Waals surface area contributed by atoms with Gasteiger partial charge in [-0.3, -0.25) is 0 Å². The molecule has 0 aromatic heterocycles. The largest absolute Gasteiger partial charge is 0.433 e. The molecule has 2 unspecified atom stereocenters. The molecule has 16 heavy (non-hydrogen) atoms. The summed E-state index contributed by atoms with van der Waals surface area (Å²) < 4.78 is 14.6. The molecule has 6 heteroatoms. The van der Waals surface area contributed by atoms with Gasteiger partial charge in [-0.2, -0.15) is 0 Å². The van der Waals surface area contributed by atoms with Gasteiger partial charge in [0.1, 0.15) is 0 Å². The van der Waals surface area contributed by atoms with Crippen LogP contribution in [0.25, 0.3) is 0 Å². The van der Waals surface area contributed by atoms with Crippen LogP contribution in [-0.4, -0.2) is 31.7 Å². The van der Waals surface area contributed by atoms with Crippen LogP contribution < -0.4 is 5.32 Å². The molecular formula is C10H17NO5. The summed E-state index contributed by atoms with van der Waals surface area (Å²) in [6.07, 6.45) is -2.25. The molecular weight excluding hydrogens is 214 g/mol. The summed E-state index contributed by atoms with van der Waals surface area (Å²) in [5, 5.41) is 2.27. The zero-order valence-corrected chi connectivity index (χ0v) is 9.90. The van der Waals surface area contributed by atoms with E-state index >= 15 is 0 Å². The van der Waals surface area contributed by atoms with Crippen LogP contribution in [0.2, 0.25) is 0 Å². The van der Waals surface area contributed by atoms with Gasteiger partial charge in [0.05, 0.1) is 0 Å². The lowest BCUT2D eigenvalue weighted by Gasteiger charge is -2.19. The highest BCUT2D eigenvalue weighted by atomic mass is 16.8. The average Bonchev–Trinajstić information content (AvgIpc) is 2.16. The van der Waals surface area contributed by atoms with Crippen molar-refractivity contribution in [3.8, 4) is 0 Å². The molecule has 1 N–H and O–H groups in total. The second-order valence-corrected chi connectivity index (χ2v) is 3.11. The third-order valence-electron chi connectivity index (χ3n) is 1.48. The van der Waals surface area contributed by atoms with Gasteiger partial charge in [0.25, 0.3) is 0 Å². The molecule has 0 radical (unpaired) electrons. The molecule has 0 spiro atoms. The maximum Gasteiger partial charge on any atom is 0.409 e. The number of hydrogen-bond acceptors (Lipinski definition) is 5. The molecule has 6 nitrogen and oxygen atoms in total. The van der Waals surface area contributed by atoms with Crippen molar-refractivity contribution in [3.63, 3.8) is 0 Å². The van der Waals surface area contributed by atoms with Crippen molar-refractivity contribution in [2.75, 3.05) is 7.05 Å². The van der Waals surface area contributed by atoms with Crippen LogP contribution in [0.4, 0.5) is 4.79 Å². The van der Waals surface area contributed by atoms with E-state index in [4.69, 9.17) is 14.2 Å². The molecule has 0 saturated carbocycles. The summed E-state index contributed by atoms with van der Waals surface area (Å²) in [7, 11) is 1.43. The molecule has 0 aromatic rings. The van der Waals surface area contributed by atoms with Crippen molar-refractivity contribution in [2.24, 2.45) is 0 Å². The van der Waals surface area contributed by atoms with Crippen molar-refractivity contribution < 1.29 is 23.8 Å². The fraction of sp³-hybridized carbons (Fsp3) is 0.600. The molecule has 0 aromatic carbocycles. The van der Waals surface area contributed by atoms with Gasteiger partial charge in [-0.05, 0) is 20.8 Å². The zero-order valence-electron chi connectivity index (χ0n) is 9.90. The topological polar surface area (TPSA) is 73.9 Å². The molecule has 0 bridgehead atoms. The molecule has 1 amide bonds. The van der Waals surface area contributed by atoms with Crippen LogP contribution in [0.5, 0.6) is 0 Å². The minimum absolute atomic E-state index is 0.273. The molecule has 0 rings (SSSR count). The number of ether oxygens (including phenoxy) is 3. The van der Waals surface area contributed by atoms with E-state index in [2.05, 4.69) is 11.9 Å². The molecule has 0 saturated heterocycles. The first-order valence-corrected chi connectivity index (χ1v) is 4.77. The van der Waals surface area contributed by atoms with Crippen LogP contribution in [0.1, 0.15) is 20.8 Å². The molecule has 0 fully saturated rings. The SMILES string of the molecule is C=C(C)C(=O)OC(C)OC(C)OC(=O)NC. The van der Waals surface area contributed by atoms with Crippen LogP contribution in [0.3, 0.4) is 0 Å². The van der Waals surface area contributed by atoms with E-state index in [0.717, 1.165) is 0 Å². The van der Waals surface area contributed by atoms with Gasteiger partial charge in [-0.1, -0.05) is 6.58 Å². The van der Waals surface area contributed by atoms with Crippen LogP contribution in [0, 0.1) is 0 Å². The Morgan fingerprint density at radius 2 is 1.69 bits per heavy atom. The number of amides is 1. The molecule has 92 valence electrons. The van der Waals surface area contributed by atoms with E-state index in [9.17, 15) is 9.59 Å². The highest BCUT2D eigenvalue weighted by Crippen LogP contribution is 2.04. The number of nitrogens with one attached hydrogen (secondary N) is 1. The number of hydrogen-bond donors (Lipinski definition) is 1. The standard InChI is InChI=1S/C10H17NO5/c1-6(2)9(12)15-7(3)14-8(4)16-10(13)11-5/h7-8H,1H2,2-5H3,(H,11,13). The van der Waals surface area contributed by atoms with Crippen molar-refractivity contribution >= 4 is 12.1 Å². The fourth-order valence-corrected chi connectivity index (χ4v) is 0.786. The lowest BCUT2D eigenvalue weighted by atomic mass is 10.4. The molecule has 2 atom stereocenters. The highest BCUT2D eigenvalue weighted by Gasteiger charge is 2.15. The van der Waals surface area contributed by atoms with Crippen molar-refractivity contribution in [1.82, 2.24) is 5.32 Å². The maximum atomic E-state index is 11.1. The number of esters is 1. The van der Waals surface area contributed by atoms with E-state index in [0.29, 0.717) is 0 Å². The third kappa shape index (κ3) is 6.02. The first-order valence-electron chi connectivity index (χ1n) is 4.77. The second-order valence-electron chi connectivity index (χ2n) is 3.11. The van der Waals surface area contributed by atoms with Gasteiger partial charge in [0.15, 0.2) is 0 Å². The molecule has 0 aliphatic carbocycles. The Hall–Kier alpha value is -1.56. The van der Waals surface area contributed by atoms with Gasteiger partial charge in [0, 0.05) is 12.6 Å². The lowest BCUT2D eigenvalue weighted by Crippen LogP contribution is -2.30. The van der Waals surface area contributed by atoms with Gasteiger partial charge in [-0.25, -0.2) is 9.59 Å². The monoisotopic (exact) mass is 231 g/mol. The summed E-state index contributed by atoms with van der Waals surface area (Å²) in [5.41, 5.74) is 0.273. The highest BCUT2D eigenvalue weighted by molar-refractivity contribution is 5.86. The number of alkyl carbamates (subject to hydrolysis) is 1. The predicted molar refractivity (Wildman–Crippen MR) is 56.5 cm³/mol. The predicted octanol–water partition coefficient (Wildman–Crippen LogP) is 1.17. The summed E-state index contributed by atoms with van der Waals surface area (Å²) >= 11 is 0. The summed E-state index contributed by atoms with van der Waals surface area (Å²) in [5.74, 6) is -0.556. The van der Waals surface area contributed by atoms with Crippen LogP contribution in [-0.2, 0) is 19.0 Å². The number of carbonyl (C=O) groups is 2. The fourth-order valence-electron chi connectivity index (χ4n) is 0.786. The van der Waals surface area contributed by atoms with Crippen molar-refractivity contribution in [2.45, 2.75) is 33.4 Å². The minimum Gasteiger partial charge on any atom is -0.433 e. The second kappa shape index (κ2) is 6.84. The average molecular weight is 231 g/mol. The Labute approximate surface area is 94.5 Å². The minimum atomic E-state index is -0.816. The summed E-state index contributed by atoms with van der Waals surface area (Å²) in [4.78, 5) is 21.9. The first kappa shape index (κ1) is 14.4. The van der Waals surface area contributed by atoms with Crippen LogP contribution in [0.15, 0.2) is 12.2 Å². The first-order chi connectivity index (χ1) is 7.36. The lowest BCUT2D eigenvalue weighted by molar-refractivity contribution is -0.211. The maximum absolute atomic E-state index is 11.1. The Kier molecular flexibility index (Phi) is 6.17. The van der Waals surface area contributed by atoms with E-state index in [1.807, 2.05) is 0 Å². The van der Waals surface area contributed by atoms with Crippen molar-refractivity contribution in [3.05, 3.63) is 12.2 Å². The van der Waals surface area contributed by atoms with Crippen molar-refractivity contribution in [1.29, 1.82) is 0 Å². The van der Waals surface area contributed by atoms with Gasteiger partial charge in [0.2, 0.25) is 12.6 Å². The summed E-state index contributed by atoms with van der Waals surface area (Å²) in [6.45, 7) is 7.98. The third-order valence-corrected chi connectivity index (χ3v) is 1.48. The molecule has 0 heterocycles. The molecule has 0 aliphatic rings. The van der Waals surface area contributed by atoms with E-state index in [1.54, 1.807) is 0 Å². The van der Waals surface area contributed by atoms with E-state index < -0.39 is 24.6 Å². The van der Waals surface area contributed by atoms with Gasteiger partial charge < -0.3 is 19.5 Å². The number of rotatable bonds is 5. The van der Waals surface area contributed by atoms with E-state index in [-0.39, 0.29) is 5.57 Å². The zero-order chi connectivity index (χ0) is 12.7. The van der Waals surface area contributed by atoms with Crippen LogP contribution >= 0.6 is 0 Å². The Morgan fingerprint density at radius 3 is 2.12 bits per heavy atom. The van der Waals surface area contributed by atoms with Gasteiger partial charge >= 0.3 is 12.1 Å². The Balaban J connectivity index is 3.95. The smallest absolute Gasteiger partial charge is 0.409 e. The van der Waals surface area contributed by atoms with Gasteiger partial charge in [-0.15, -0.1) is 0 Å².